The lowest BCUT2D eigenvalue weighted by Gasteiger charge is -2.26. The lowest BCUT2D eigenvalue weighted by Crippen LogP contribution is -2.41. The molecule has 0 unspecified atom stereocenters. The van der Waals surface area contributed by atoms with Gasteiger partial charge in [-0.15, -0.1) is 0 Å². The number of carbonyl (C=O) groups excluding carboxylic acids is 1. The van der Waals surface area contributed by atoms with Gasteiger partial charge in [0, 0.05) is 13.1 Å². The van der Waals surface area contributed by atoms with Crippen LogP contribution in [0.3, 0.4) is 0 Å². The summed E-state index contributed by atoms with van der Waals surface area (Å²) in [6.07, 6.45) is 1.60. The zero-order valence-corrected chi connectivity index (χ0v) is 11.9. The van der Waals surface area contributed by atoms with Crippen LogP contribution in [-0.2, 0) is 22.4 Å². The van der Waals surface area contributed by atoms with Crippen LogP contribution < -0.4 is 0 Å². The highest BCUT2D eigenvalue weighted by Crippen LogP contribution is 2.11. The molecule has 1 aliphatic rings. The molecule has 104 valence electrons. The highest BCUT2D eigenvalue weighted by Gasteiger charge is 2.16. The third-order valence-corrected chi connectivity index (χ3v) is 3.39. The molecule has 1 aliphatic heterocycles. The molecule has 1 saturated heterocycles. The largest absolute Gasteiger partial charge is 0.378 e. The van der Waals surface area contributed by atoms with E-state index in [0.717, 1.165) is 25.1 Å². The van der Waals surface area contributed by atoms with Crippen LogP contribution in [0.4, 0.5) is 0 Å². The quantitative estimate of drug-likeness (QED) is 0.832. The summed E-state index contributed by atoms with van der Waals surface area (Å²) in [7, 11) is 0. The van der Waals surface area contributed by atoms with Gasteiger partial charge in [0.15, 0.2) is 0 Å². The Morgan fingerprint density at radius 1 is 1.16 bits per heavy atom. The Hall–Kier alpha value is -1.35. The first-order valence-electron chi connectivity index (χ1n) is 7.08. The molecule has 1 aromatic carbocycles. The third-order valence-electron chi connectivity index (χ3n) is 3.39. The summed E-state index contributed by atoms with van der Waals surface area (Å²) in [4.78, 5) is 14.0. The van der Waals surface area contributed by atoms with Crippen LogP contribution in [-0.4, -0.2) is 37.1 Å². The van der Waals surface area contributed by atoms with E-state index in [-0.39, 0.29) is 5.91 Å². The molecule has 0 bridgehead atoms. The van der Waals surface area contributed by atoms with Crippen LogP contribution in [0.1, 0.15) is 25.0 Å². The van der Waals surface area contributed by atoms with Crippen molar-refractivity contribution in [1.82, 2.24) is 4.90 Å². The summed E-state index contributed by atoms with van der Waals surface area (Å²) in [5.41, 5.74) is 2.45. The minimum atomic E-state index is 0.208. The third kappa shape index (κ3) is 4.35. The predicted molar refractivity (Wildman–Crippen MR) is 76.1 cm³/mol. The number of nitrogens with zero attached hydrogens (tertiary/aromatic N) is 1. The molecule has 1 aromatic rings. The zero-order valence-electron chi connectivity index (χ0n) is 11.9. The summed E-state index contributed by atoms with van der Waals surface area (Å²) >= 11 is 0. The summed E-state index contributed by atoms with van der Waals surface area (Å²) in [5.74, 6) is 0.876. The Balaban J connectivity index is 1.89. The van der Waals surface area contributed by atoms with Gasteiger partial charge in [0.2, 0.25) is 5.91 Å². The molecule has 0 aliphatic carbocycles. The zero-order chi connectivity index (χ0) is 13.7. The van der Waals surface area contributed by atoms with Gasteiger partial charge in [0.1, 0.15) is 0 Å². The van der Waals surface area contributed by atoms with Gasteiger partial charge in [0.25, 0.3) is 0 Å². The fourth-order valence-corrected chi connectivity index (χ4v) is 2.36. The van der Waals surface area contributed by atoms with Gasteiger partial charge < -0.3 is 9.64 Å². The van der Waals surface area contributed by atoms with Crippen molar-refractivity contribution in [2.45, 2.75) is 26.7 Å². The first kappa shape index (κ1) is 14.1. The first-order valence-corrected chi connectivity index (χ1v) is 7.08. The molecule has 19 heavy (non-hydrogen) atoms. The predicted octanol–water partition coefficient (Wildman–Crippen LogP) is 2.29. The van der Waals surface area contributed by atoms with Crippen molar-refractivity contribution in [3.63, 3.8) is 0 Å². The highest BCUT2D eigenvalue weighted by atomic mass is 16.5. The second-order valence-electron chi connectivity index (χ2n) is 5.58. The van der Waals surface area contributed by atoms with Gasteiger partial charge in [-0.05, 0) is 23.5 Å². The SMILES string of the molecule is CC(C)Cc1ccc(CC(=O)N2CCOCC2)cc1. The van der Waals surface area contributed by atoms with Crippen LogP contribution in [0, 0.1) is 5.92 Å². The first-order chi connectivity index (χ1) is 9.15. The van der Waals surface area contributed by atoms with E-state index in [4.69, 9.17) is 4.74 Å². The second-order valence-corrected chi connectivity index (χ2v) is 5.58. The minimum absolute atomic E-state index is 0.208. The molecule has 0 atom stereocenters. The van der Waals surface area contributed by atoms with Crippen molar-refractivity contribution < 1.29 is 9.53 Å². The van der Waals surface area contributed by atoms with E-state index < -0.39 is 0 Å². The number of carbonyl (C=O) groups is 1. The van der Waals surface area contributed by atoms with E-state index >= 15 is 0 Å². The molecular weight excluding hydrogens is 238 g/mol. The van der Waals surface area contributed by atoms with Crippen LogP contribution >= 0.6 is 0 Å². The highest BCUT2D eigenvalue weighted by molar-refractivity contribution is 5.78. The summed E-state index contributed by atoms with van der Waals surface area (Å²) in [6.45, 7) is 7.22. The fourth-order valence-electron chi connectivity index (χ4n) is 2.36. The molecule has 1 heterocycles. The number of rotatable bonds is 4. The lowest BCUT2D eigenvalue weighted by atomic mass is 10.0. The van der Waals surface area contributed by atoms with E-state index in [1.54, 1.807) is 0 Å². The van der Waals surface area contributed by atoms with E-state index in [1.807, 2.05) is 4.90 Å². The number of hydrogen-bond acceptors (Lipinski definition) is 2. The number of ether oxygens (including phenoxy) is 1. The van der Waals surface area contributed by atoms with E-state index in [2.05, 4.69) is 38.1 Å². The van der Waals surface area contributed by atoms with Crippen molar-refractivity contribution in [2.75, 3.05) is 26.3 Å². The average molecular weight is 261 g/mol. The van der Waals surface area contributed by atoms with E-state index in [1.165, 1.54) is 5.56 Å². The Kier molecular flexibility index (Phi) is 4.97. The Bertz CT molecular complexity index is 405. The van der Waals surface area contributed by atoms with E-state index in [9.17, 15) is 4.79 Å². The molecular formula is C16H23NO2. The van der Waals surface area contributed by atoms with Crippen molar-refractivity contribution in [3.05, 3.63) is 35.4 Å². The summed E-state index contributed by atoms with van der Waals surface area (Å²) < 4.78 is 5.26. The lowest BCUT2D eigenvalue weighted by molar-refractivity contribution is -0.134. The van der Waals surface area contributed by atoms with Crippen LogP contribution in [0.25, 0.3) is 0 Å². The van der Waals surface area contributed by atoms with Crippen molar-refractivity contribution in [3.8, 4) is 0 Å². The number of benzene rings is 1. The molecule has 0 spiro atoms. The normalized spacial score (nSPS) is 15.8. The van der Waals surface area contributed by atoms with Gasteiger partial charge in [-0.1, -0.05) is 38.1 Å². The van der Waals surface area contributed by atoms with Gasteiger partial charge >= 0.3 is 0 Å². The van der Waals surface area contributed by atoms with Crippen LogP contribution in [0.5, 0.6) is 0 Å². The van der Waals surface area contributed by atoms with Crippen LogP contribution in [0.2, 0.25) is 0 Å². The molecule has 0 radical (unpaired) electrons. The van der Waals surface area contributed by atoms with Gasteiger partial charge in [-0.2, -0.15) is 0 Å². The van der Waals surface area contributed by atoms with Crippen LogP contribution in [0.15, 0.2) is 24.3 Å². The number of hydrogen-bond donors (Lipinski definition) is 0. The van der Waals surface area contributed by atoms with Gasteiger partial charge in [-0.25, -0.2) is 0 Å². The molecule has 3 nitrogen and oxygen atoms in total. The van der Waals surface area contributed by atoms with Gasteiger partial charge in [-0.3, -0.25) is 4.79 Å². The standard InChI is InChI=1S/C16H23NO2/c1-13(2)11-14-3-5-15(6-4-14)12-16(18)17-7-9-19-10-8-17/h3-6,13H,7-12H2,1-2H3. The topological polar surface area (TPSA) is 29.5 Å². The van der Waals surface area contributed by atoms with Crippen molar-refractivity contribution in [2.24, 2.45) is 5.92 Å². The molecule has 0 N–H and O–H groups in total. The fraction of sp³-hybridized carbons (Fsp3) is 0.562. The molecule has 2 rings (SSSR count). The van der Waals surface area contributed by atoms with Crippen molar-refractivity contribution >= 4 is 5.91 Å². The monoisotopic (exact) mass is 261 g/mol. The smallest absolute Gasteiger partial charge is 0.227 e. The average Bonchev–Trinajstić information content (AvgIpc) is 2.41. The molecule has 0 aromatic heterocycles. The maximum atomic E-state index is 12.1. The molecule has 1 fully saturated rings. The maximum absolute atomic E-state index is 12.1. The van der Waals surface area contributed by atoms with Crippen molar-refractivity contribution in [1.29, 1.82) is 0 Å². The molecule has 3 heteroatoms. The minimum Gasteiger partial charge on any atom is -0.378 e. The summed E-state index contributed by atoms with van der Waals surface area (Å²) in [6, 6.07) is 8.44. The Labute approximate surface area is 115 Å². The summed E-state index contributed by atoms with van der Waals surface area (Å²) in [5, 5.41) is 0. The number of morpholine rings is 1. The van der Waals surface area contributed by atoms with E-state index in [0.29, 0.717) is 25.6 Å². The number of amides is 1. The maximum Gasteiger partial charge on any atom is 0.227 e. The Morgan fingerprint density at radius 3 is 2.32 bits per heavy atom. The molecule has 0 saturated carbocycles. The second kappa shape index (κ2) is 6.71. The van der Waals surface area contributed by atoms with Gasteiger partial charge in [0.05, 0.1) is 19.6 Å². The molecule has 1 amide bonds. The Morgan fingerprint density at radius 2 is 1.74 bits per heavy atom.